The molecule has 0 aliphatic heterocycles. The molecular weight excluding hydrogens is 280 g/mol. The maximum absolute atomic E-state index is 11.6. The van der Waals surface area contributed by atoms with Gasteiger partial charge in [-0.3, -0.25) is 4.79 Å². The van der Waals surface area contributed by atoms with E-state index < -0.39 is 5.97 Å². The third-order valence-electron chi connectivity index (χ3n) is 2.48. The Hall–Kier alpha value is -2.22. The molecule has 0 radical (unpaired) electrons. The zero-order chi connectivity index (χ0) is 14.5. The molecule has 2 aromatic rings. The Morgan fingerprint density at radius 3 is 2.95 bits per heavy atom. The number of hydrogen-bond donors (Lipinski definition) is 2. The number of carbonyl (C=O) groups is 1. The average molecular weight is 294 g/mol. The Morgan fingerprint density at radius 2 is 2.35 bits per heavy atom. The molecule has 106 valence electrons. The summed E-state index contributed by atoms with van der Waals surface area (Å²) in [6.07, 6.45) is 1.43. The average Bonchev–Trinajstić information content (AvgIpc) is 2.82. The Kier molecular flexibility index (Phi) is 4.46. The van der Waals surface area contributed by atoms with E-state index in [1.165, 1.54) is 6.20 Å². The van der Waals surface area contributed by atoms with Gasteiger partial charge in [0.2, 0.25) is 5.95 Å². The first-order chi connectivity index (χ1) is 9.60. The molecule has 2 aromatic heterocycles. The highest BCUT2D eigenvalue weighted by molar-refractivity contribution is 7.07. The topological polar surface area (TPSA) is 97.0 Å². The molecule has 0 saturated carbocycles. The molecule has 0 amide bonds. The first-order valence-electron chi connectivity index (χ1n) is 6.01. The molecule has 0 spiro atoms. The molecule has 2 rings (SSSR count). The third-order valence-corrected chi connectivity index (χ3v) is 3.20. The minimum atomic E-state index is -0.432. The van der Waals surface area contributed by atoms with Gasteiger partial charge in [0.1, 0.15) is 0 Å². The molecule has 0 aliphatic rings. The van der Waals surface area contributed by atoms with E-state index in [1.807, 2.05) is 0 Å². The predicted octanol–water partition coefficient (Wildman–Crippen LogP) is 1.32. The zero-order valence-electron chi connectivity index (χ0n) is 11.1. The number of H-pyrrole nitrogens is 1. The highest BCUT2D eigenvalue weighted by Gasteiger charge is 2.12. The van der Waals surface area contributed by atoms with Crippen LogP contribution < -0.4 is 10.2 Å². The van der Waals surface area contributed by atoms with Gasteiger partial charge in [0, 0.05) is 17.3 Å². The number of nitrogens with zero attached hydrogens (tertiary/aromatic N) is 2. The number of carbonyl (C=O) groups excluding carboxylic acids is 1. The molecule has 0 atom stereocenters. The lowest BCUT2D eigenvalue weighted by Gasteiger charge is -2.07. The van der Waals surface area contributed by atoms with E-state index in [0.29, 0.717) is 30.4 Å². The number of esters is 1. The van der Waals surface area contributed by atoms with Crippen molar-refractivity contribution >= 4 is 23.3 Å². The van der Waals surface area contributed by atoms with Crippen LogP contribution in [0, 0.1) is 6.92 Å². The van der Waals surface area contributed by atoms with Gasteiger partial charge < -0.3 is 15.0 Å². The van der Waals surface area contributed by atoms with Gasteiger partial charge in [-0.05, 0) is 13.8 Å². The minimum Gasteiger partial charge on any atom is -0.462 e. The summed E-state index contributed by atoms with van der Waals surface area (Å²) >= 11 is 1.10. The molecule has 0 fully saturated rings. The summed E-state index contributed by atoms with van der Waals surface area (Å²) in [5.74, 6) is -0.0405. The third kappa shape index (κ3) is 3.41. The molecule has 8 heteroatoms. The van der Waals surface area contributed by atoms with Crippen molar-refractivity contribution in [1.82, 2.24) is 15.0 Å². The van der Waals surface area contributed by atoms with Crippen molar-refractivity contribution in [1.29, 1.82) is 0 Å². The summed E-state index contributed by atoms with van der Waals surface area (Å²) in [5.41, 5.74) is 1.65. The number of thiazole rings is 1. The second-order valence-electron chi connectivity index (χ2n) is 3.94. The SMILES string of the molecule is CCOC(=O)c1cnc(NCc2csc(=O)[nH]2)nc1C. The smallest absolute Gasteiger partial charge is 0.341 e. The molecule has 2 N–H and O–H groups in total. The number of anilines is 1. The number of aromatic amines is 1. The Bertz CT molecular complexity index is 665. The highest BCUT2D eigenvalue weighted by Crippen LogP contribution is 2.09. The van der Waals surface area contributed by atoms with E-state index in [2.05, 4.69) is 20.3 Å². The van der Waals surface area contributed by atoms with Gasteiger partial charge in [0.15, 0.2) is 0 Å². The summed E-state index contributed by atoms with van der Waals surface area (Å²) in [4.78, 5) is 33.4. The van der Waals surface area contributed by atoms with Gasteiger partial charge in [-0.15, -0.1) is 0 Å². The van der Waals surface area contributed by atoms with E-state index in [9.17, 15) is 9.59 Å². The minimum absolute atomic E-state index is 0.100. The molecule has 7 nitrogen and oxygen atoms in total. The quantitative estimate of drug-likeness (QED) is 0.807. The van der Waals surface area contributed by atoms with Gasteiger partial charge in [-0.1, -0.05) is 11.3 Å². The van der Waals surface area contributed by atoms with Crippen LogP contribution in [0.4, 0.5) is 5.95 Å². The fourth-order valence-corrected chi connectivity index (χ4v) is 2.12. The number of rotatable bonds is 5. The number of ether oxygens (including phenoxy) is 1. The highest BCUT2D eigenvalue weighted by atomic mass is 32.1. The van der Waals surface area contributed by atoms with Crippen LogP contribution in [0.25, 0.3) is 0 Å². The summed E-state index contributed by atoms with van der Waals surface area (Å²) in [7, 11) is 0. The Morgan fingerprint density at radius 1 is 1.55 bits per heavy atom. The van der Waals surface area contributed by atoms with Crippen molar-refractivity contribution in [2.24, 2.45) is 0 Å². The van der Waals surface area contributed by atoms with Gasteiger partial charge >= 0.3 is 10.8 Å². The number of aromatic nitrogens is 3. The molecular formula is C12H14N4O3S. The van der Waals surface area contributed by atoms with E-state index in [1.54, 1.807) is 19.2 Å². The fourth-order valence-electron chi connectivity index (χ4n) is 1.54. The molecule has 20 heavy (non-hydrogen) atoms. The summed E-state index contributed by atoms with van der Waals surface area (Å²) in [6, 6.07) is 0. The van der Waals surface area contributed by atoms with E-state index in [-0.39, 0.29) is 4.87 Å². The van der Waals surface area contributed by atoms with Crippen molar-refractivity contribution in [2.45, 2.75) is 20.4 Å². The molecule has 0 bridgehead atoms. The largest absolute Gasteiger partial charge is 0.462 e. The summed E-state index contributed by atoms with van der Waals surface area (Å²) in [5, 5.41) is 4.71. The fraction of sp³-hybridized carbons (Fsp3) is 0.333. The lowest BCUT2D eigenvalue weighted by Crippen LogP contribution is -2.11. The van der Waals surface area contributed by atoms with Gasteiger partial charge in [0.25, 0.3) is 0 Å². The monoisotopic (exact) mass is 294 g/mol. The Labute approximate surface area is 119 Å². The first-order valence-corrected chi connectivity index (χ1v) is 6.89. The van der Waals surface area contributed by atoms with Crippen molar-refractivity contribution in [3.8, 4) is 0 Å². The van der Waals surface area contributed by atoms with Crippen molar-refractivity contribution in [2.75, 3.05) is 11.9 Å². The normalized spacial score (nSPS) is 10.3. The lowest BCUT2D eigenvalue weighted by molar-refractivity contribution is 0.0524. The van der Waals surface area contributed by atoms with Crippen molar-refractivity contribution < 1.29 is 9.53 Å². The second-order valence-corrected chi connectivity index (χ2v) is 4.78. The predicted molar refractivity (Wildman–Crippen MR) is 75.0 cm³/mol. The van der Waals surface area contributed by atoms with Gasteiger partial charge in [0.05, 0.1) is 24.4 Å². The van der Waals surface area contributed by atoms with Crippen LogP contribution >= 0.6 is 11.3 Å². The van der Waals surface area contributed by atoms with Gasteiger partial charge in [-0.2, -0.15) is 0 Å². The second kappa shape index (κ2) is 6.29. The molecule has 2 heterocycles. The molecule has 0 saturated heterocycles. The molecule has 0 aromatic carbocycles. The van der Waals surface area contributed by atoms with Crippen molar-refractivity contribution in [3.05, 3.63) is 38.2 Å². The standard InChI is InChI=1S/C12H14N4O3S/c1-3-19-10(17)9-5-14-11(15-7(9)2)13-4-8-6-20-12(18)16-8/h5-6H,3-4H2,1-2H3,(H,16,18)(H,13,14,15). The van der Waals surface area contributed by atoms with Crippen LogP contribution in [0.2, 0.25) is 0 Å². The van der Waals surface area contributed by atoms with Crippen LogP contribution in [0.5, 0.6) is 0 Å². The summed E-state index contributed by atoms with van der Waals surface area (Å²) < 4.78 is 4.90. The van der Waals surface area contributed by atoms with E-state index >= 15 is 0 Å². The number of nitrogens with one attached hydrogen (secondary N) is 2. The van der Waals surface area contributed by atoms with Crippen LogP contribution in [0.15, 0.2) is 16.4 Å². The molecule has 0 unspecified atom stereocenters. The van der Waals surface area contributed by atoms with Crippen LogP contribution in [-0.2, 0) is 11.3 Å². The zero-order valence-corrected chi connectivity index (χ0v) is 11.9. The van der Waals surface area contributed by atoms with E-state index in [0.717, 1.165) is 17.0 Å². The maximum atomic E-state index is 11.6. The number of hydrogen-bond acceptors (Lipinski definition) is 7. The van der Waals surface area contributed by atoms with Crippen LogP contribution in [0.3, 0.4) is 0 Å². The van der Waals surface area contributed by atoms with E-state index in [4.69, 9.17) is 4.74 Å². The first kappa shape index (κ1) is 14.2. The van der Waals surface area contributed by atoms with Crippen LogP contribution in [0.1, 0.15) is 28.7 Å². The maximum Gasteiger partial charge on any atom is 0.341 e. The lowest BCUT2D eigenvalue weighted by atomic mass is 10.2. The van der Waals surface area contributed by atoms with Crippen molar-refractivity contribution in [3.63, 3.8) is 0 Å². The van der Waals surface area contributed by atoms with Crippen LogP contribution in [-0.4, -0.2) is 27.5 Å². The number of aryl methyl sites for hydroxylation is 1. The Balaban J connectivity index is 2.05. The summed E-state index contributed by atoms with van der Waals surface area (Å²) in [6.45, 7) is 4.18. The molecule has 0 aliphatic carbocycles. The van der Waals surface area contributed by atoms with Gasteiger partial charge in [-0.25, -0.2) is 14.8 Å².